The summed E-state index contributed by atoms with van der Waals surface area (Å²) in [7, 11) is 0. The summed E-state index contributed by atoms with van der Waals surface area (Å²) in [5.74, 6) is 0.424. The summed E-state index contributed by atoms with van der Waals surface area (Å²) in [5.41, 5.74) is -0.0538. The molecule has 0 radical (unpaired) electrons. The average Bonchev–Trinajstić information content (AvgIpc) is 2.15. The van der Waals surface area contributed by atoms with E-state index < -0.39 is 0 Å². The molecule has 0 aromatic rings. The molecule has 1 rings (SSSR count). The summed E-state index contributed by atoms with van der Waals surface area (Å²) in [6, 6.07) is 0. The van der Waals surface area contributed by atoms with Crippen LogP contribution in [0.3, 0.4) is 0 Å². The van der Waals surface area contributed by atoms with E-state index >= 15 is 0 Å². The molecule has 56 valence electrons. The molecular formula is C9H14O. The van der Waals surface area contributed by atoms with Gasteiger partial charge >= 0.3 is 0 Å². The van der Waals surface area contributed by atoms with Crippen LogP contribution in [0.1, 0.15) is 32.6 Å². The second-order valence-corrected chi connectivity index (χ2v) is 3.33. The smallest absolute Gasteiger partial charge is 0.139 e. The van der Waals surface area contributed by atoms with Crippen molar-refractivity contribution >= 4 is 5.78 Å². The van der Waals surface area contributed by atoms with Gasteiger partial charge in [0.1, 0.15) is 5.78 Å². The van der Waals surface area contributed by atoms with Crippen molar-refractivity contribution in [2.75, 3.05) is 0 Å². The van der Waals surface area contributed by atoms with Crippen LogP contribution in [0.25, 0.3) is 0 Å². The fraction of sp³-hybridized carbons (Fsp3) is 0.667. The van der Waals surface area contributed by atoms with Crippen molar-refractivity contribution in [3.63, 3.8) is 0 Å². The van der Waals surface area contributed by atoms with Gasteiger partial charge in [0.15, 0.2) is 0 Å². The fourth-order valence-corrected chi connectivity index (χ4v) is 1.61. The van der Waals surface area contributed by atoms with Crippen molar-refractivity contribution < 1.29 is 4.79 Å². The van der Waals surface area contributed by atoms with E-state index in [-0.39, 0.29) is 5.41 Å². The monoisotopic (exact) mass is 138 g/mol. The van der Waals surface area contributed by atoms with Crippen LogP contribution >= 0.6 is 0 Å². The standard InChI is InChI=1S/C9H14O/c1-3-6-9(2)7-4-5-8(9)10/h3H,1,4-7H2,2H3/t9-/m0/s1. The lowest BCUT2D eigenvalue weighted by Gasteiger charge is -2.18. The van der Waals surface area contributed by atoms with Gasteiger partial charge < -0.3 is 0 Å². The molecule has 0 N–H and O–H groups in total. The zero-order valence-electron chi connectivity index (χ0n) is 6.52. The van der Waals surface area contributed by atoms with E-state index in [2.05, 4.69) is 6.58 Å². The summed E-state index contributed by atoms with van der Waals surface area (Å²) < 4.78 is 0. The van der Waals surface area contributed by atoms with Crippen LogP contribution < -0.4 is 0 Å². The van der Waals surface area contributed by atoms with Crippen molar-refractivity contribution in [3.8, 4) is 0 Å². The van der Waals surface area contributed by atoms with Gasteiger partial charge in [-0.2, -0.15) is 0 Å². The Morgan fingerprint density at radius 2 is 2.50 bits per heavy atom. The maximum atomic E-state index is 11.2. The molecule has 0 amide bonds. The predicted octanol–water partition coefficient (Wildman–Crippen LogP) is 2.32. The normalized spacial score (nSPS) is 32.7. The van der Waals surface area contributed by atoms with Gasteiger partial charge in [0.2, 0.25) is 0 Å². The average molecular weight is 138 g/mol. The maximum absolute atomic E-state index is 11.2. The third-order valence-corrected chi connectivity index (χ3v) is 2.40. The summed E-state index contributed by atoms with van der Waals surface area (Å²) >= 11 is 0. The highest BCUT2D eigenvalue weighted by atomic mass is 16.1. The second-order valence-electron chi connectivity index (χ2n) is 3.33. The number of hydrogen-bond acceptors (Lipinski definition) is 1. The van der Waals surface area contributed by atoms with Crippen molar-refractivity contribution in [1.29, 1.82) is 0 Å². The Labute approximate surface area is 62.1 Å². The molecule has 0 aromatic heterocycles. The van der Waals surface area contributed by atoms with Crippen LogP contribution in [-0.2, 0) is 4.79 Å². The van der Waals surface area contributed by atoms with Gasteiger partial charge in [0.25, 0.3) is 0 Å². The lowest BCUT2D eigenvalue weighted by molar-refractivity contribution is -0.124. The highest BCUT2D eigenvalue weighted by molar-refractivity contribution is 5.86. The summed E-state index contributed by atoms with van der Waals surface area (Å²) in [4.78, 5) is 11.2. The van der Waals surface area contributed by atoms with Gasteiger partial charge in [-0.25, -0.2) is 0 Å². The van der Waals surface area contributed by atoms with E-state index in [1.807, 2.05) is 13.0 Å². The molecule has 1 saturated carbocycles. The van der Waals surface area contributed by atoms with Crippen LogP contribution in [0.2, 0.25) is 0 Å². The van der Waals surface area contributed by atoms with Gasteiger partial charge in [-0.05, 0) is 19.3 Å². The minimum atomic E-state index is -0.0538. The van der Waals surface area contributed by atoms with Crippen LogP contribution in [-0.4, -0.2) is 5.78 Å². The molecular weight excluding hydrogens is 124 g/mol. The van der Waals surface area contributed by atoms with Crippen molar-refractivity contribution in [1.82, 2.24) is 0 Å². The van der Waals surface area contributed by atoms with E-state index in [1.54, 1.807) is 0 Å². The molecule has 1 heteroatoms. The third kappa shape index (κ3) is 1.13. The Hall–Kier alpha value is -0.590. The maximum Gasteiger partial charge on any atom is 0.139 e. The molecule has 0 aromatic carbocycles. The molecule has 10 heavy (non-hydrogen) atoms. The molecule has 1 aliphatic rings. The van der Waals surface area contributed by atoms with E-state index in [0.717, 1.165) is 25.7 Å². The third-order valence-electron chi connectivity index (χ3n) is 2.40. The Balaban J connectivity index is 2.65. The molecule has 0 aliphatic heterocycles. The first-order valence-electron chi connectivity index (χ1n) is 3.83. The van der Waals surface area contributed by atoms with Gasteiger partial charge in [-0.1, -0.05) is 13.0 Å². The number of carbonyl (C=O) groups is 1. The quantitative estimate of drug-likeness (QED) is 0.535. The van der Waals surface area contributed by atoms with Crippen LogP contribution in [0.15, 0.2) is 12.7 Å². The first kappa shape index (κ1) is 7.52. The topological polar surface area (TPSA) is 17.1 Å². The molecule has 0 spiro atoms. The van der Waals surface area contributed by atoms with Crippen LogP contribution in [0.5, 0.6) is 0 Å². The Bertz CT molecular complexity index is 160. The lowest BCUT2D eigenvalue weighted by atomic mass is 9.84. The first-order chi connectivity index (χ1) is 4.69. The highest BCUT2D eigenvalue weighted by Crippen LogP contribution is 2.37. The zero-order chi connectivity index (χ0) is 7.61. The Morgan fingerprint density at radius 1 is 1.80 bits per heavy atom. The second kappa shape index (κ2) is 2.57. The van der Waals surface area contributed by atoms with E-state index in [9.17, 15) is 4.79 Å². The summed E-state index contributed by atoms with van der Waals surface area (Å²) in [6.07, 6.45) is 5.61. The van der Waals surface area contributed by atoms with Crippen LogP contribution in [0.4, 0.5) is 0 Å². The van der Waals surface area contributed by atoms with Gasteiger partial charge in [-0.15, -0.1) is 6.58 Å². The van der Waals surface area contributed by atoms with Crippen molar-refractivity contribution in [2.45, 2.75) is 32.6 Å². The number of hydrogen-bond donors (Lipinski definition) is 0. The number of ketones is 1. The molecule has 1 aliphatic carbocycles. The highest BCUT2D eigenvalue weighted by Gasteiger charge is 2.35. The first-order valence-corrected chi connectivity index (χ1v) is 3.83. The SMILES string of the molecule is C=CC[C@@]1(C)CCCC1=O. The molecule has 0 saturated heterocycles. The van der Waals surface area contributed by atoms with Crippen molar-refractivity contribution in [3.05, 3.63) is 12.7 Å². The Morgan fingerprint density at radius 3 is 2.90 bits per heavy atom. The summed E-state index contributed by atoms with van der Waals surface area (Å²) in [6.45, 7) is 5.70. The number of rotatable bonds is 2. The van der Waals surface area contributed by atoms with Crippen LogP contribution in [0, 0.1) is 5.41 Å². The van der Waals surface area contributed by atoms with Gasteiger partial charge in [0.05, 0.1) is 0 Å². The van der Waals surface area contributed by atoms with E-state index in [4.69, 9.17) is 0 Å². The minimum Gasteiger partial charge on any atom is -0.299 e. The van der Waals surface area contributed by atoms with E-state index in [0.29, 0.717) is 5.78 Å². The number of Topliss-reactive ketones (excluding diaryl/α,β-unsaturated/α-hetero) is 1. The van der Waals surface area contributed by atoms with E-state index in [1.165, 1.54) is 0 Å². The molecule has 1 nitrogen and oxygen atoms in total. The number of allylic oxidation sites excluding steroid dienone is 1. The zero-order valence-corrected chi connectivity index (χ0v) is 6.52. The summed E-state index contributed by atoms with van der Waals surface area (Å²) in [5, 5.41) is 0. The molecule has 1 atom stereocenters. The molecule has 0 heterocycles. The predicted molar refractivity (Wildman–Crippen MR) is 41.8 cm³/mol. The van der Waals surface area contributed by atoms with Gasteiger partial charge in [0, 0.05) is 11.8 Å². The Kier molecular flexibility index (Phi) is 1.93. The lowest BCUT2D eigenvalue weighted by Crippen LogP contribution is -2.20. The largest absolute Gasteiger partial charge is 0.299 e. The van der Waals surface area contributed by atoms with Crippen molar-refractivity contribution in [2.24, 2.45) is 5.41 Å². The number of carbonyl (C=O) groups excluding carboxylic acids is 1. The molecule has 1 fully saturated rings. The fourth-order valence-electron chi connectivity index (χ4n) is 1.61. The van der Waals surface area contributed by atoms with Gasteiger partial charge in [-0.3, -0.25) is 4.79 Å². The minimum absolute atomic E-state index is 0.0538. The molecule has 0 bridgehead atoms. The molecule has 0 unspecified atom stereocenters.